The molecule has 4 heteroatoms. The molecule has 3 nitrogen and oxygen atoms in total. The predicted molar refractivity (Wildman–Crippen MR) is 58.9 cm³/mol. The Morgan fingerprint density at radius 3 is 2.60 bits per heavy atom. The third kappa shape index (κ3) is 1.68. The first-order valence-electron chi connectivity index (χ1n) is 4.15. The molecule has 0 saturated heterocycles. The van der Waals surface area contributed by atoms with E-state index >= 15 is 0 Å². The van der Waals surface area contributed by atoms with Crippen molar-refractivity contribution in [1.82, 2.24) is 4.98 Å². The highest BCUT2D eigenvalue weighted by molar-refractivity contribution is 9.10. The number of hydrogen-bond acceptors (Lipinski definition) is 3. The Bertz CT molecular complexity index is 620. The molecule has 0 saturated carbocycles. The third-order valence-corrected chi connectivity index (χ3v) is 2.50. The van der Waals surface area contributed by atoms with Gasteiger partial charge in [0.05, 0.1) is 11.1 Å². The standard InChI is InChI=1S/C11H4BrN3/c12-9-1-2-10-7(4-9)3-8(5-13)11(6-14)15-10/h1-4H. The van der Waals surface area contributed by atoms with E-state index in [1.807, 2.05) is 24.3 Å². The molecule has 0 aliphatic carbocycles. The minimum Gasteiger partial charge on any atom is -0.236 e. The van der Waals surface area contributed by atoms with Gasteiger partial charge in [0.15, 0.2) is 5.69 Å². The SMILES string of the molecule is N#Cc1cc2cc(Br)ccc2nc1C#N. The third-order valence-electron chi connectivity index (χ3n) is 2.00. The minimum atomic E-state index is 0.173. The van der Waals surface area contributed by atoms with Crippen LogP contribution in [0.3, 0.4) is 0 Å². The Balaban J connectivity index is 2.84. The number of fused-ring (bicyclic) bond motifs is 1. The van der Waals surface area contributed by atoms with Gasteiger partial charge in [-0.3, -0.25) is 0 Å². The fraction of sp³-hybridized carbons (Fsp3) is 0. The summed E-state index contributed by atoms with van der Waals surface area (Å²) in [5, 5.41) is 18.5. The number of hydrogen-bond donors (Lipinski definition) is 0. The van der Waals surface area contributed by atoms with Crippen LogP contribution in [-0.4, -0.2) is 4.98 Å². The molecule has 0 unspecified atom stereocenters. The van der Waals surface area contributed by atoms with Crippen LogP contribution >= 0.6 is 15.9 Å². The monoisotopic (exact) mass is 257 g/mol. The van der Waals surface area contributed by atoms with Gasteiger partial charge in [0, 0.05) is 9.86 Å². The van der Waals surface area contributed by atoms with Crippen molar-refractivity contribution < 1.29 is 0 Å². The first kappa shape index (κ1) is 9.64. The molecule has 0 aliphatic rings. The van der Waals surface area contributed by atoms with Crippen molar-refractivity contribution >= 4 is 26.8 Å². The van der Waals surface area contributed by atoms with Crippen LogP contribution in [-0.2, 0) is 0 Å². The van der Waals surface area contributed by atoms with Crippen LogP contribution in [0, 0.1) is 22.7 Å². The average molecular weight is 258 g/mol. The van der Waals surface area contributed by atoms with Crippen LogP contribution in [0.2, 0.25) is 0 Å². The molecule has 70 valence electrons. The molecule has 0 N–H and O–H groups in total. The molecule has 0 aliphatic heterocycles. The van der Waals surface area contributed by atoms with Crippen molar-refractivity contribution in [2.45, 2.75) is 0 Å². The van der Waals surface area contributed by atoms with Crippen molar-refractivity contribution in [3.8, 4) is 12.1 Å². The molecule has 0 amide bonds. The molecule has 2 rings (SSSR count). The highest BCUT2D eigenvalue weighted by Gasteiger charge is 2.05. The van der Waals surface area contributed by atoms with Gasteiger partial charge in [0.1, 0.15) is 12.1 Å². The molecule has 0 fully saturated rings. The lowest BCUT2D eigenvalue weighted by Crippen LogP contribution is -1.90. The van der Waals surface area contributed by atoms with Gasteiger partial charge in [0.2, 0.25) is 0 Å². The van der Waals surface area contributed by atoms with Crippen LogP contribution in [0.4, 0.5) is 0 Å². The number of benzene rings is 1. The smallest absolute Gasteiger partial charge is 0.158 e. The summed E-state index contributed by atoms with van der Waals surface area (Å²) in [5.74, 6) is 0. The van der Waals surface area contributed by atoms with Crippen LogP contribution in [0.15, 0.2) is 28.7 Å². The summed E-state index contributed by atoms with van der Waals surface area (Å²) in [6.45, 7) is 0. The number of rotatable bonds is 0. The van der Waals surface area contributed by atoms with Gasteiger partial charge in [-0.25, -0.2) is 4.98 Å². The number of aromatic nitrogens is 1. The Hall–Kier alpha value is -1.91. The lowest BCUT2D eigenvalue weighted by molar-refractivity contribution is 1.29. The van der Waals surface area contributed by atoms with Gasteiger partial charge in [-0.2, -0.15) is 10.5 Å². The number of nitriles is 2. The van der Waals surface area contributed by atoms with E-state index in [0.717, 1.165) is 9.86 Å². The summed E-state index contributed by atoms with van der Waals surface area (Å²) in [5.41, 5.74) is 1.20. The zero-order valence-corrected chi connectivity index (χ0v) is 9.12. The molecule has 0 bridgehead atoms. The fourth-order valence-electron chi connectivity index (χ4n) is 1.32. The van der Waals surface area contributed by atoms with E-state index in [1.54, 1.807) is 12.1 Å². The van der Waals surface area contributed by atoms with Gasteiger partial charge >= 0.3 is 0 Å². The van der Waals surface area contributed by atoms with E-state index in [9.17, 15) is 0 Å². The van der Waals surface area contributed by atoms with Gasteiger partial charge in [-0.1, -0.05) is 15.9 Å². The second-order valence-electron chi connectivity index (χ2n) is 2.95. The van der Waals surface area contributed by atoms with E-state index in [4.69, 9.17) is 10.5 Å². The molecule has 0 spiro atoms. The lowest BCUT2D eigenvalue weighted by Gasteiger charge is -1.99. The van der Waals surface area contributed by atoms with Gasteiger partial charge in [0.25, 0.3) is 0 Å². The maximum Gasteiger partial charge on any atom is 0.158 e. The topological polar surface area (TPSA) is 60.5 Å². The summed E-state index contributed by atoms with van der Waals surface area (Å²) in [4.78, 5) is 4.10. The highest BCUT2D eigenvalue weighted by Crippen LogP contribution is 2.20. The quantitative estimate of drug-likeness (QED) is 0.729. The minimum absolute atomic E-state index is 0.173. The van der Waals surface area contributed by atoms with Gasteiger partial charge in [-0.15, -0.1) is 0 Å². The first-order chi connectivity index (χ1) is 7.24. The fourth-order valence-corrected chi connectivity index (χ4v) is 1.70. The molecule has 1 heterocycles. The van der Waals surface area contributed by atoms with Crippen LogP contribution in [0.5, 0.6) is 0 Å². The second kappa shape index (κ2) is 3.68. The van der Waals surface area contributed by atoms with Crippen molar-refractivity contribution in [3.05, 3.63) is 40.0 Å². The zero-order valence-electron chi connectivity index (χ0n) is 7.53. The van der Waals surface area contributed by atoms with Crippen molar-refractivity contribution in [2.75, 3.05) is 0 Å². The average Bonchev–Trinajstić information content (AvgIpc) is 2.27. The maximum atomic E-state index is 8.83. The van der Waals surface area contributed by atoms with E-state index in [1.165, 1.54) is 0 Å². The summed E-state index contributed by atoms with van der Waals surface area (Å²) in [7, 11) is 0. The highest BCUT2D eigenvalue weighted by atomic mass is 79.9. The Morgan fingerprint density at radius 1 is 1.13 bits per heavy atom. The van der Waals surface area contributed by atoms with Crippen molar-refractivity contribution in [1.29, 1.82) is 10.5 Å². The van der Waals surface area contributed by atoms with E-state index in [0.29, 0.717) is 11.1 Å². The predicted octanol–water partition coefficient (Wildman–Crippen LogP) is 2.74. The van der Waals surface area contributed by atoms with E-state index in [-0.39, 0.29) is 5.69 Å². The Labute approximate surface area is 94.7 Å². The normalized spacial score (nSPS) is 9.53. The first-order valence-corrected chi connectivity index (χ1v) is 4.94. The van der Waals surface area contributed by atoms with Crippen LogP contribution < -0.4 is 0 Å². The van der Waals surface area contributed by atoms with Gasteiger partial charge in [-0.05, 0) is 24.3 Å². The molecule has 0 radical (unpaired) electrons. The molecule has 1 aromatic heterocycles. The summed E-state index contributed by atoms with van der Waals surface area (Å²) in [6, 6.07) is 11.1. The molecular weight excluding hydrogens is 254 g/mol. The van der Waals surface area contributed by atoms with Crippen molar-refractivity contribution in [3.63, 3.8) is 0 Å². The van der Waals surface area contributed by atoms with E-state index in [2.05, 4.69) is 20.9 Å². The number of pyridine rings is 1. The summed E-state index contributed by atoms with van der Waals surface area (Å²) < 4.78 is 0.922. The molecule has 0 atom stereocenters. The Kier molecular flexibility index (Phi) is 2.37. The summed E-state index contributed by atoms with van der Waals surface area (Å²) >= 11 is 3.34. The van der Waals surface area contributed by atoms with E-state index < -0.39 is 0 Å². The number of halogens is 1. The lowest BCUT2D eigenvalue weighted by atomic mass is 10.1. The van der Waals surface area contributed by atoms with Crippen LogP contribution in [0.25, 0.3) is 10.9 Å². The molecule has 15 heavy (non-hydrogen) atoms. The molecule has 1 aromatic carbocycles. The second-order valence-corrected chi connectivity index (χ2v) is 3.86. The summed E-state index contributed by atoms with van der Waals surface area (Å²) in [6.07, 6.45) is 0. The largest absolute Gasteiger partial charge is 0.236 e. The molecular formula is C11H4BrN3. The number of nitrogens with zero attached hydrogens (tertiary/aromatic N) is 3. The molecule has 2 aromatic rings. The zero-order chi connectivity index (χ0) is 10.8. The van der Waals surface area contributed by atoms with Crippen molar-refractivity contribution in [2.24, 2.45) is 0 Å². The Morgan fingerprint density at radius 2 is 1.93 bits per heavy atom. The van der Waals surface area contributed by atoms with Gasteiger partial charge < -0.3 is 0 Å². The van der Waals surface area contributed by atoms with Crippen LogP contribution in [0.1, 0.15) is 11.3 Å². The maximum absolute atomic E-state index is 8.83.